The first-order valence-corrected chi connectivity index (χ1v) is 9.05. The molecule has 1 aromatic rings. The van der Waals surface area contributed by atoms with Crippen molar-refractivity contribution >= 4 is 17.8 Å². The van der Waals surface area contributed by atoms with Gasteiger partial charge in [-0.05, 0) is 31.4 Å². The Morgan fingerprint density at radius 3 is 2.52 bits per heavy atom. The molecule has 0 radical (unpaired) electrons. The van der Waals surface area contributed by atoms with Crippen LogP contribution in [0.15, 0.2) is 24.3 Å². The third-order valence-electron chi connectivity index (χ3n) is 4.20. The molecule has 1 aliphatic rings. The average Bonchev–Trinajstić information content (AvgIpc) is 3.48. The summed E-state index contributed by atoms with van der Waals surface area (Å²) in [7, 11) is 1.54. The van der Waals surface area contributed by atoms with Crippen molar-refractivity contribution in [3.8, 4) is 11.5 Å². The zero-order chi connectivity index (χ0) is 19.6. The molecule has 2 rings (SSSR count). The maximum Gasteiger partial charge on any atom is 0.303 e. The van der Waals surface area contributed by atoms with Crippen LogP contribution >= 0.6 is 0 Å². The summed E-state index contributed by atoms with van der Waals surface area (Å²) in [4.78, 5) is 36.5. The van der Waals surface area contributed by atoms with Gasteiger partial charge in [0.25, 0.3) is 5.91 Å². The number of carboxylic acid groups (broad SMARTS) is 1. The number of hydrogen-bond donors (Lipinski definition) is 2. The van der Waals surface area contributed by atoms with Gasteiger partial charge in [0.05, 0.1) is 7.11 Å². The van der Waals surface area contributed by atoms with E-state index in [9.17, 15) is 14.4 Å². The minimum Gasteiger partial charge on any atom is -0.493 e. The average molecular weight is 378 g/mol. The second kappa shape index (κ2) is 10.4. The Bertz CT molecular complexity index is 659. The predicted molar refractivity (Wildman–Crippen MR) is 97.7 cm³/mol. The molecule has 0 heterocycles. The summed E-state index contributed by atoms with van der Waals surface area (Å²) in [5.41, 5.74) is 0. The number of ether oxygens (including phenoxy) is 2. The van der Waals surface area contributed by atoms with Crippen LogP contribution in [-0.2, 0) is 14.4 Å². The largest absolute Gasteiger partial charge is 0.493 e. The third kappa shape index (κ3) is 7.16. The van der Waals surface area contributed by atoms with E-state index in [1.54, 1.807) is 23.1 Å². The van der Waals surface area contributed by atoms with Gasteiger partial charge >= 0.3 is 5.97 Å². The highest BCUT2D eigenvalue weighted by Crippen LogP contribution is 2.28. The molecular formula is C19H26N2O6. The lowest BCUT2D eigenvalue weighted by Crippen LogP contribution is -2.39. The first-order valence-electron chi connectivity index (χ1n) is 9.05. The van der Waals surface area contributed by atoms with Crippen LogP contribution in [0.5, 0.6) is 11.5 Å². The number of methoxy groups -OCH3 is 1. The maximum absolute atomic E-state index is 12.5. The zero-order valence-corrected chi connectivity index (χ0v) is 15.5. The highest BCUT2D eigenvalue weighted by Gasteiger charge is 2.32. The highest BCUT2D eigenvalue weighted by atomic mass is 16.5. The van der Waals surface area contributed by atoms with Gasteiger partial charge in [-0.2, -0.15) is 0 Å². The Morgan fingerprint density at radius 2 is 1.89 bits per heavy atom. The van der Waals surface area contributed by atoms with Crippen LogP contribution < -0.4 is 14.8 Å². The molecule has 0 aliphatic heterocycles. The molecule has 1 aromatic carbocycles. The van der Waals surface area contributed by atoms with Crippen LogP contribution in [0.1, 0.15) is 32.1 Å². The summed E-state index contributed by atoms with van der Waals surface area (Å²) >= 11 is 0. The molecule has 1 fully saturated rings. The monoisotopic (exact) mass is 378 g/mol. The van der Waals surface area contributed by atoms with Gasteiger partial charge in [0.15, 0.2) is 18.1 Å². The standard InChI is InChI=1S/C19H26N2O6/c1-26-15-5-2-3-6-16(15)27-13-18(23)21(14-8-9-14)12-10-17(22)20-11-4-7-19(24)25/h2-3,5-6,14H,4,7-13H2,1H3,(H,20,22)(H,24,25). The van der Waals surface area contributed by atoms with Crippen LogP contribution in [0, 0.1) is 0 Å². The molecule has 0 unspecified atom stereocenters. The van der Waals surface area contributed by atoms with E-state index in [1.165, 1.54) is 7.11 Å². The van der Waals surface area contributed by atoms with Crippen molar-refractivity contribution in [2.45, 2.75) is 38.1 Å². The number of aliphatic carboxylic acids is 1. The number of nitrogens with zero attached hydrogens (tertiary/aromatic N) is 1. The lowest BCUT2D eigenvalue weighted by molar-refractivity contribution is -0.137. The number of para-hydroxylation sites is 2. The second-order valence-electron chi connectivity index (χ2n) is 6.36. The van der Waals surface area contributed by atoms with E-state index in [-0.39, 0.29) is 37.3 Å². The smallest absolute Gasteiger partial charge is 0.303 e. The van der Waals surface area contributed by atoms with Crippen LogP contribution in [0.2, 0.25) is 0 Å². The lowest BCUT2D eigenvalue weighted by Gasteiger charge is -2.22. The quantitative estimate of drug-likeness (QED) is 0.533. The van der Waals surface area contributed by atoms with Gasteiger partial charge in [-0.15, -0.1) is 0 Å². The molecule has 148 valence electrons. The van der Waals surface area contributed by atoms with Crippen LogP contribution in [0.4, 0.5) is 0 Å². The van der Waals surface area contributed by atoms with Crippen molar-refractivity contribution < 1.29 is 29.0 Å². The Hall–Kier alpha value is -2.77. The van der Waals surface area contributed by atoms with Gasteiger partial charge in [-0.25, -0.2) is 0 Å². The molecule has 1 aliphatic carbocycles. The van der Waals surface area contributed by atoms with E-state index in [0.717, 1.165) is 12.8 Å². The van der Waals surface area contributed by atoms with Crippen molar-refractivity contribution in [2.24, 2.45) is 0 Å². The molecule has 0 atom stereocenters. The summed E-state index contributed by atoms with van der Waals surface area (Å²) in [6.07, 6.45) is 2.46. The van der Waals surface area contributed by atoms with Gasteiger partial charge in [0.2, 0.25) is 5.91 Å². The Labute approximate surface area is 158 Å². The maximum atomic E-state index is 12.5. The van der Waals surface area contributed by atoms with Crippen LogP contribution in [0.25, 0.3) is 0 Å². The van der Waals surface area contributed by atoms with Crippen LogP contribution in [-0.4, -0.2) is 60.6 Å². The minimum atomic E-state index is -0.884. The number of benzene rings is 1. The number of carboxylic acids is 1. The lowest BCUT2D eigenvalue weighted by atomic mass is 10.3. The summed E-state index contributed by atoms with van der Waals surface area (Å²) in [6.45, 7) is 0.528. The molecule has 2 amide bonds. The number of rotatable bonds is 12. The van der Waals surface area contributed by atoms with E-state index in [4.69, 9.17) is 14.6 Å². The Morgan fingerprint density at radius 1 is 1.19 bits per heavy atom. The molecule has 8 nitrogen and oxygen atoms in total. The number of carbonyl (C=O) groups is 3. The molecule has 8 heteroatoms. The van der Waals surface area contributed by atoms with E-state index in [0.29, 0.717) is 31.0 Å². The fraction of sp³-hybridized carbons (Fsp3) is 0.526. The molecule has 0 bridgehead atoms. The number of amides is 2. The summed E-state index contributed by atoms with van der Waals surface area (Å²) < 4.78 is 10.8. The molecule has 0 aromatic heterocycles. The first kappa shape index (κ1) is 20.5. The van der Waals surface area contributed by atoms with E-state index < -0.39 is 5.97 Å². The summed E-state index contributed by atoms with van der Waals surface area (Å²) in [6, 6.07) is 7.28. The fourth-order valence-electron chi connectivity index (χ4n) is 2.64. The second-order valence-corrected chi connectivity index (χ2v) is 6.36. The number of carbonyl (C=O) groups excluding carboxylic acids is 2. The van der Waals surface area contributed by atoms with Gasteiger partial charge in [-0.1, -0.05) is 12.1 Å². The first-order chi connectivity index (χ1) is 13.0. The zero-order valence-electron chi connectivity index (χ0n) is 15.5. The van der Waals surface area contributed by atoms with Crippen LogP contribution in [0.3, 0.4) is 0 Å². The molecular weight excluding hydrogens is 352 g/mol. The van der Waals surface area contributed by atoms with Crippen molar-refractivity contribution in [1.82, 2.24) is 10.2 Å². The van der Waals surface area contributed by atoms with E-state index in [2.05, 4.69) is 5.32 Å². The number of hydrogen-bond acceptors (Lipinski definition) is 5. The Kier molecular flexibility index (Phi) is 7.91. The molecule has 27 heavy (non-hydrogen) atoms. The Balaban J connectivity index is 1.76. The predicted octanol–water partition coefficient (Wildman–Crippen LogP) is 1.44. The molecule has 0 spiro atoms. The van der Waals surface area contributed by atoms with Gasteiger partial charge in [-0.3, -0.25) is 14.4 Å². The SMILES string of the molecule is COc1ccccc1OCC(=O)N(CCC(=O)NCCCC(=O)O)C1CC1. The molecule has 1 saturated carbocycles. The van der Waals surface area contributed by atoms with Gasteiger partial charge in [0.1, 0.15) is 0 Å². The van der Waals surface area contributed by atoms with Crippen molar-refractivity contribution in [1.29, 1.82) is 0 Å². The summed E-state index contributed by atoms with van der Waals surface area (Å²) in [5, 5.41) is 11.2. The molecule has 2 N–H and O–H groups in total. The van der Waals surface area contributed by atoms with Gasteiger partial charge in [0, 0.05) is 32.0 Å². The topological polar surface area (TPSA) is 105 Å². The fourth-order valence-corrected chi connectivity index (χ4v) is 2.64. The molecule has 0 saturated heterocycles. The van der Waals surface area contributed by atoms with Gasteiger partial charge < -0.3 is 24.8 Å². The normalized spacial score (nSPS) is 12.9. The van der Waals surface area contributed by atoms with Crippen molar-refractivity contribution in [2.75, 3.05) is 26.8 Å². The third-order valence-corrected chi connectivity index (χ3v) is 4.20. The van der Waals surface area contributed by atoms with Crippen molar-refractivity contribution in [3.05, 3.63) is 24.3 Å². The van der Waals surface area contributed by atoms with Crippen molar-refractivity contribution in [3.63, 3.8) is 0 Å². The highest BCUT2D eigenvalue weighted by molar-refractivity contribution is 5.80. The number of nitrogens with one attached hydrogen (secondary N) is 1. The summed E-state index contributed by atoms with van der Waals surface area (Å²) in [5.74, 6) is -0.180. The van der Waals surface area contributed by atoms with E-state index >= 15 is 0 Å². The van der Waals surface area contributed by atoms with E-state index in [1.807, 2.05) is 6.07 Å². The minimum absolute atomic E-state index is 0.0211.